The Balaban J connectivity index is 2.21. The molecule has 0 N–H and O–H groups in total. The molecule has 1 aliphatic rings. The molecule has 1 fully saturated rings. The summed E-state index contributed by atoms with van der Waals surface area (Å²) in [4.78, 5) is 2.28. The molecule has 4 heteroatoms. The summed E-state index contributed by atoms with van der Waals surface area (Å²) in [6.07, 6.45) is 0.267. The van der Waals surface area contributed by atoms with Gasteiger partial charge in [0.25, 0.3) is 0 Å². The van der Waals surface area contributed by atoms with Gasteiger partial charge in [-0.05, 0) is 41.1 Å². The zero-order valence-corrected chi connectivity index (χ0v) is 10.7. The molecular weight excluding hydrogens is 268 g/mol. The maximum Gasteiger partial charge on any atom is 0.100 e. The first-order valence-electron chi connectivity index (χ1n) is 5.27. The molecule has 1 heterocycles. The molecule has 3 nitrogen and oxygen atoms in total. The first-order valence-corrected chi connectivity index (χ1v) is 6.06. The van der Waals surface area contributed by atoms with Crippen LogP contribution in [0.5, 0.6) is 0 Å². The highest BCUT2D eigenvalue weighted by Gasteiger charge is 2.17. The van der Waals surface area contributed by atoms with Crippen LogP contribution < -0.4 is 4.90 Å². The van der Waals surface area contributed by atoms with Crippen LogP contribution in [0.4, 0.5) is 5.69 Å². The lowest BCUT2D eigenvalue weighted by atomic mass is 10.2. The highest BCUT2D eigenvalue weighted by Crippen LogP contribution is 2.25. The molecule has 1 unspecified atom stereocenters. The van der Waals surface area contributed by atoms with Crippen molar-refractivity contribution in [3.05, 3.63) is 28.2 Å². The van der Waals surface area contributed by atoms with Crippen LogP contribution in [0.15, 0.2) is 22.7 Å². The summed E-state index contributed by atoms with van der Waals surface area (Å²) in [6, 6.07) is 7.97. The quantitative estimate of drug-likeness (QED) is 0.793. The molecular formula is C12H13BrN2O. The van der Waals surface area contributed by atoms with Crippen molar-refractivity contribution in [1.29, 1.82) is 5.26 Å². The Bertz CT molecular complexity index is 428. The van der Waals surface area contributed by atoms with E-state index in [-0.39, 0.29) is 6.10 Å². The Kier molecular flexibility index (Phi) is 3.47. The van der Waals surface area contributed by atoms with E-state index in [0.29, 0.717) is 5.56 Å². The number of morpholine rings is 1. The van der Waals surface area contributed by atoms with E-state index in [9.17, 15) is 0 Å². The maximum atomic E-state index is 8.85. The predicted octanol–water partition coefficient (Wildman–Crippen LogP) is 2.55. The highest BCUT2D eigenvalue weighted by atomic mass is 79.9. The van der Waals surface area contributed by atoms with Crippen molar-refractivity contribution in [2.45, 2.75) is 13.0 Å². The summed E-state index contributed by atoms with van der Waals surface area (Å²) in [7, 11) is 0. The molecule has 1 aromatic carbocycles. The smallest absolute Gasteiger partial charge is 0.100 e. The zero-order valence-electron chi connectivity index (χ0n) is 9.11. The van der Waals surface area contributed by atoms with Crippen LogP contribution in [0.25, 0.3) is 0 Å². The van der Waals surface area contributed by atoms with Crippen molar-refractivity contribution >= 4 is 21.6 Å². The Hall–Kier alpha value is -1.05. The summed E-state index contributed by atoms with van der Waals surface area (Å²) >= 11 is 3.41. The van der Waals surface area contributed by atoms with E-state index in [1.807, 2.05) is 18.2 Å². The van der Waals surface area contributed by atoms with Gasteiger partial charge in [-0.2, -0.15) is 5.26 Å². The second-order valence-corrected chi connectivity index (χ2v) is 4.76. The Morgan fingerprint density at radius 3 is 3.00 bits per heavy atom. The fourth-order valence-corrected chi connectivity index (χ4v) is 2.30. The fraction of sp³-hybridized carbons (Fsp3) is 0.417. The maximum absolute atomic E-state index is 8.85. The van der Waals surface area contributed by atoms with Crippen molar-refractivity contribution in [3.8, 4) is 6.07 Å². The average Bonchev–Trinajstić information content (AvgIpc) is 2.29. The Labute approximate surface area is 104 Å². The number of benzene rings is 1. The molecule has 1 aliphatic heterocycles. The summed E-state index contributed by atoms with van der Waals surface area (Å²) in [6.45, 7) is 4.64. The Morgan fingerprint density at radius 1 is 1.56 bits per heavy atom. The molecule has 16 heavy (non-hydrogen) atoms. The SMILES string of the molecule is CC1CN(c2ccc(C#N)c(Br)c2)CCO1. The van der Waals surface area contributed by atoms with Gasteiger partial charge < -0.3 is 9.64 Å². The van der Waals surface area contributed by atoms with Crippen molar-refractivity contribution < 1.29 is 4.74 Å². The molecule has 0 saturated carbocycles. The van der Waals surface area contributed by atoms with Crippen molar-refractivity contribution in [3.63, 3.8) is 0 Å². The van der Waals surface area contributed by atoms with Gasteiger partial charge in [0.05, 0.1) is 18.3 Å². The summed E-state index contributed by atoms with van der Waals surface area (Å²) in [5.41, 5.74) is 1.81. The summed E-state index contributed by atoms with van der Waals surface area (Å²) in [5.74, 6) is 0. The molecule has 84 valence electrons. The van der Waals surface area contributed by atoms with Crippen LogP contribution in [0, 0.1) is 11.3 Å². The fourth-order valence-electron chi connectivity index (χ4n) is 1.84. The van der Waals surface area contributed by atoms with Gasteiger partial charge >= 0.3 is 0 Å². The van der Waals surface area contributed by atoms with Gasteiger partial charge in [0.1, 0.15) is 6.07 Å². The van der Waals surface area contributed by atoms with Crippen molar-refractivity contribution in [2.24, 2.45) is 0 Å². The van der Waals surface area contributed by atoms with Gasteiger partial charge in [-0.25, -0.2) is 0 Å². The van der Waals surface area contributed by atoms with Crippen LogP contribution in [0.2, 0.25) is 0 Å². The number of ether oxygens (including phenoxy) is 1. The molecule has 0 aliphatic carbocycles. The minimum absolute atomic E-state index is 0.267. The minimum atomic E-state index is 0.267. The molecule has 1 saturated heterocycles. The van der Waals surface area contributed by atoms with E-state index in [1.165, 1.54) is 0 Å². The van der Waals surface area contributed by atoms with Crippen molar-refractivity contribution in [1.82, 2.24) is 0 Å². The molecule has 0 spiro atoms. The molecule has 0 amide bonds. The minimum Gasteiger partial charge on any atom is -0.375 e. The normalized spacial score (nSPS) is 20.6. The number of anilines is 1. The van der Waals surface area contributed by atoms with Crippen LogP contribution >= 0.6 is 15.9 Å². The lowest BCUT2D eigenvalue weighted by molar-refractivity contribution is 0.0532. The van der Waals surface area contributed by atoms with Gasteiger partial charge in [0.15, 0.2) is 0 Å². The standard InChI is InChI=1S/C12H13BrN2O/c1-9-8-15(4-5-16-9)11-3-2-10(7-14)12(13)6-11/h2-3,6,9H,4-5,8H2,1H3. The second kappa shape index (κ2) is 4.86. The van der Waals surface area contributed by atoms with Crippen LogP contribution in [-0.4, -0.2) is 25.8 Å². The zero-order chi connectivity index (χ0) is 11.5. The number of nitrogens with zero attached hydrogens (tertiary/aromatic N) is 2. The molecule has 1 aromatic rings. The Morgan fingerprint density at radius 2 is 2.38 bits per heavy atom. The monoisotopic (exact) mass is 280 g/mol. The number of halogens is 1. The molecule has 0 radical (unpaired) electrons. The van der Waals surface area contributed by atoms with Gasteiger partial charge in [0, 0.05) is 23.2 Å². The predicted molar refractivity (Wildman–Crippen MR) is 66.5 cm³/mol. The summed E-state index contributed by atoms with van der Waals surface area (Å²) in [5, 5.41) is 8.85. The molecule has 1 atom stereocenters. The molecule has 0 bridgehead atoms. The largest absolute Gasteiger partial charge is 0.375 e. The second-order valence-electron chi connectivity index (χ2n) is 3.90. The van der Waals surface area contributed by atoms with E-state index < -0.39 is 0 Å². The third-order valence-electron chi connectivity index (χ3n) is 2.68. The van der Waals surface area contributed by atoms with Gasteiger partial charge in [-0.1, -0.05) is 0 Å². The first kappa shape index (κ1) is 11.4. The van der Waals surface area contributed by atoms with Gasteiger partial charge in [-0.15, -0.1) is 0 Å². The first-order chi connectivity index (χ1) is 7.70. The van der Waals surface area contributed by atoms with E-state index >= 15 is 0 Å². The van der Waals surface area contributed by atoms with Crippen LogP contribution in [0.1, 0.15) is 12.5 Å². The van der Waals surface area contributed by atoms with Gasteiger partial charge in [-0.3, -0.25) is 0 Å². The summed E-state index contributed by atoms with van der Waals surface area (Å²) < 4.78 is 6.35. The van der Waals surface area contributed by atoms with Gasteiger partial charge in [0.2, 0.25) is 0 Å². The van der Waals surface area contributed by atoms with E-state index in [4.69, 9.17) is 10.00 Å². The van der Waals surface area contributed by atoms with Crippen LogP contribution in [-0.2, 0) is 4.74 Å². The molecule has 0 aromatic heterocycles. The molecule has 2 rings (SSSR count). The lowest BCUT2D eigenvalue weighted by Gasteiger charge is -2.33. The number of nitriles is 1. The van der Waals surface area contributed by atoms with Crippen molar-refractivity contribution in [2.75, 3.05) is 24.6 Å². The number of hydrogen-bond donors (Lipinski definition) is 0. The van der Waals surface area contributed by atoms with E-state index in [0.717, 1.165) is 29.9 Å². The third-order valence-corrected chi connectivity index (χ3v) is 3.34. The number of rotatable bonds is 1. The average molecular weight is 281 g/mol. The van der Waals surface area contributed by atoms with E-state index in [2.05, 4.69) is 33.8 Å². The van der Waals surface area contributed by atoms with E-state index in [1.54, 1.807) is 0 Å². The lowest BCUT2D eigenvalue weighted by Crippen LogP contribution is -2.41. The third kappa shape index (κ3) is 2.37. The highest BCUT2D eigenvalue weighted by molar-refractivity contribution is 9.10. The number of hydrogen-bond acceptors (Lipinski definition) is 3. The topological polar surface area (TPSA) is 36.3 Å². The van der Waals surface area contributed by atoms with Crippen LogP contribution in [0.3, 0.4) is 0 Å².